The molecule has 4 aromatic heterocycles. The standard InChI is InChI=1S/C40H28N4Si/c1-45(2,29-21-27-17-15-25-9-7-11-31-37(25)39(27)33(23-29)43(31)35-13-3-5-19-41-35)30-22-28-18-16-26-10-8-12-32-38(26)40(28)34(24-30)44(32)36-14-4-6-20-42-36/h3-24H,1-2H3. The molecule has 0 aliphatic carbocycles. The fraction of sp³-hybridized carbons (Fsp3) is 0.0500. The quantitative estimate of drug-likeness (QED) is 0.151. The van der Waals surface area contributed by atoms with Gasteiger partial charge in [-0.05, 0) is 70.1 Å². The lowest BCUT2D eigenvalue weighted by Gasteiger charge is -2.25. The van der Waals surface area contributed by atoms with E-state index in [-0.39, 0.29) is 0 Å². The van der Waals surface area contributed by atoms with Gasteiger partial charge < -0.3 is 0 Å². The van der Waals surface area contributed by atoms with Gasteiger partial charge in [0, 0.05) is 33.9 Å². The van der Waals surface area contributed by atoms with Crippen molar-refractivity contribution in [2.75, 3.05) is 0 Å². The topological polar surface area (TPSA) is 35.6 Å². The van der Waals surface area contributed by atoms with Gasteiger partial charge >= 0.3 is 0 Å². The molecule has 212 valence electrons. The summed E-state index contributed by atoms with van der Waals surface area (Å²) in [5, 5.41) is 13.2. The van der Waals surface area contributed by atoms with E-state index >= 15 is 0 Å². The van der Waals surface area contributed by atoms with Crippen molar-refractivity contribution in [3.05, 3.63) is 134 Å². The van der Waals surface area contributed by atoms with Gasteiger partial charge in [0.1, 0.15) is 19.7 Å². The lowest BCUT2D eigenvalue weighted by atomic mass is 10.0. The number of aromatic nitrogens is 4. The first-order valence-electron chi connectivity index (χ1n) is 15.5. The summed E-state index contributed by atoms with van der Waals surface area (Å²) in [6.07, 6.45) is 3.77. The van der Waals surface area contributed by atoms with E-state index < -0.39 is 8.07 Å². The molecule has 0 aliphatic heterocycles. The molecule has 0 bridgehead atoms. The van der Waals surface area contributed by atoms with Crippen molar-refractivity contribution in [2.45, 2.75) is 13.1 Å². The lowest BCUT2D eigenvalue weighted by molar-refractivity contribution is 1.08. The van der Waals surface area contributed by atoms with Crippen LogP contribution < -0.4 is 10.4 Å². The van der Waals surface area contributed by atoms with Gasteiger partial charge in [-0.2, -0.15) is 0 Å². The molecule has 45 heavy (non-hydrogen) atoms. The van der Waals surface area contributed by atoms with E-state index in [2.05, 4.69) is 131 Å². The monoisotopic (exact) mass is 592 g/mol. The minimum Gasteiger partial charge on any atom is -0.294 e. The van der Waals surface area contributed by atoms with E-state index in [9.17, 15) is 0 Å². The summed E-state index contributed by atoms with van der Waals surface area (Å²) in [6, 6.07) is 44.6. The average Bonchev–Trinajstić information content (AvgIpc) is 3.61. The smallest absolute Gasteiger partial charge is 0.137 e. The molecule has 10 aromatic rings. The Labute approximate surface area is 260 Å². The Morgan fingerprint density at radius 2 is 0.867 bits per heavy atom. The van der Waals surface area contributed by atoms with E-state index in [0.717, 1.165) is 11.6 Å². The Balaban J connectivity index is 1.27. The summed E-state index contributed by atoms with van der Waals surface area (Å²) in [6.45, 7) is 4.98. The molecule has 0 saturated carbocycles. The summed E-state index contributed by atoms with van der Waals surface area (Å²) >= 11 is 0. The van der Waals surface area contributed by atoms with Crippen molar-refractivity contribution in [3.63, 3.8) is 0 Å². The SMILES string of the molecule is C[Si](C)(c1cc2ccc3cccc4c3c2c(c1)n4-c1ccccn1)c1cc2ccc3cccc4c3c2c(c1)n4-c1ccccn1. The number of hydrogen-bond donors (Lipinski definition) is 0. The first-order valence-corrected chi connectivity index (χ1v) is 18.5. The third-order valence-electron chi connectivity index (χ3n) is 9.99. The fourth-order valence-electron chi connectivity index (χ4n) is 7.74. The van der Waals surface area contributed by atoms with Gasteiger partial charge in [-0.15, -0.1) is 0 Å². The van der Waals surface area contributed by atoms with Crippen molar-refractivity contribution in [1.82, 2.24) is 19.1 Å². The van der Waals surface area contributed by atoms with Gasteiger partial charge in [-0.25, -0.2) is 9.97 Å². The molecule has 4 heterocycles. The molecule has 5 heteroatoms. The van der Waals surface area contributed by atoms with Gasteiger partial charge in [0.2, 0.25) is 0 Å². The second-order valence-electron chi connectivity index (χ2n) is 12.7. The maximum absolute atomic E-state index is 4.81. The Morgan fingerprint density at radius 3 is 1.31 bits per heavy atom. The summed E-state index contributed by atoms with van der Waals surface area (Å²) in [4.78, 5) is 9.62. The highest BCUT2D eigenvalue weighted by molar-refractivity contribution is 7.00. The van der Waals surface area contributed by atoms with Gasteiger partial charge in [0.15, 0.2) is 0 Å². The predicted octanol–water partition coefficient (Wildman–Crippen LogP) is 8.68. The maximum atomic E-state index is 4.81. The Hall–Kier alpha value is -5.52. The van der Waals surface area contributed by atoms with Crippen LogP contribution in [0.5, 0.6) is 0 Å². The molecule has 0 N–H and O–H groups in total. The van der Waals surface area contributed by atoms with Crippen LogP contribution in [0, 0.1) is 0 Å². The van der Waals surface area contributed by atoms with Gasteiger partial charge in [-0.1, -0.05) is 96.3 Å². The van der Waals surface area contributed by atoms with Crippen LogP contribution in [0.1, 0.15) is 0 Å². The molecule has 0 amide bonds. The third-order valence-corrected chi connectivity index (χ3v) is 13.5. The van der Waals surface area contributed by atoms with Gasteiger partial charge in [-0.3, -0.25) is 9.13 Å². The van der Waals surface area contributed by atoms with Crippen molar-refractivity contribution in [3.8, 4) is 11.6 Å². The maximum Gasteiger partial charge on any atom is 0.137 e. The fourth-order valence-corrected chi connectivity index (χ4v) is 10.1. The van der Waals surface area contributed by atoms with Gasteiger partial charge in [0.25, 0.3) is 0 Å². The van der Waals surface area contributed by atoms with Crippen molar-refractivity contribution < 1.29 is 0 Å². The minimum absolute atomic E-state index is 0.950. The largest absolute Gasteiger partial charge is 0.294 e. The van der Waals surface area contributed by atoms with Crippen LogP contribution >= 0.6 is 0 Å². The first kappa shape index (κ1) is 24.9. The number of hydrogen-bond acceptors (Lipinski definition) is 2. The van der Waals surface area contributed by atoms with Crippen LogP contribution in [0.4, 0.5) is 0 Å². The zero-order valence-corrected chi connectivity index (χ0v) is 26.0. The molecular formula is C40H28N4Si. The van der Waals surface area contributed by atoms with Crippen LogP contribution in [0.15, 0.2) is 134 Å². The second-order valence-corrected chi connectivity index (χ2v) is 17.1. The summed E-state index contributed by atoms with van der Waals surface area (Å²) < 4.78 is 4.71. The number of rotatable bonds is 4. The molecule has 0 unspecified atom stereocenters. The summed E-state index contributed by atoms with van der Waals surface area (Å²) in [5.41, 5.74) is 4.86. The predicted molar refractivity (Wildman–Crippen MR) is 191 cm³/mol. The lowest BCUT2D eigenvalue weighted by Crippen LogP contribution is -2.52. The molecule has 0 fully saturated rings. The Kier molecular flexibility index (Phi) is 4.85. The van der Waals surface area contributed by atoms with Crippen molar-refractivity contribution in [1.29, 1.82) is 0 Å². The summed E-state index contributed by atoms with van der Waals surface area (Å²) in [7, 11) is -2.22. The van der Waals surface area contributed by atoms with E-state index in [1.807, 2.05) is 24.5 Å². The van der Waals surface area contributed by atoms with E-state index in [1.54, 1.807) is 0 Å². The minimum atomic E-state index is -2.22. The zero-order chi connectivity index (χ0) is 29.9. The molecule has 0 spiro atoms. The van der Waals surface area contributed by atoms with Crippen LogP contribution in [-0.2, 0) is 0 Å². The first-order chi connectivity index (χ1) is 22.1. The van der Waals surface area contributed by atoms with Crippen LogP contribution in [0.25, 0.3) is 76.8 Å². The van der Waals surface area contributed by atoms with Crippen LogP contribution in [0.2, 0.25) is 13.1 Å². The average molecular weight is 593 g/mol. The number of pyridine rings is 2. The molecule has 0 saturated heterocycles. The van der Waals surface area contributed by atoms with E-state index in [0.29, 0.717) is 0 Å². The molecule has 0 aliphatic rings. The highest BCUT2D eigenvalue weighted by Gasteiger charge is 2.30. The third kappa shape index (κ3) is 3.30. The summed E-state index contributed by atoms with van der Waals surface area (Å²) in [5.74, 6) is 1.90. The Bertz CT molecular complexity index is 2530. The van der Waals surface area contributed by atoms with E-state index in [4.69, 9.17) is 9.97 Å². The molecule has 6 aromatic carbocycles. The Morgan fingerprint density at radius 1 is 0.422 bits per heavy atom. The zero-order valence-electron chi connectivity index (χ0n) is 25.0. The molecule has 10 rings (SSSR count). The van der Waals surface area contributed by atoms with Crippen LogP contribution in [-0.4, -0.2) is 27.2 Å². The normalized spacial score (nSPS) is 12.7. The van der Waals surface area contributed by atoms with Gasteiger partial charge in [0.05, 0.1) is 22.1 Å². The van der Waals surface area contributed by atoms with Crippen LogP contribution in [0.3, 0.4) is 0 Å². The number of benzene rings is 6. The molecule has 4 nitrogen and oxygen atoms in total. The second kappa shape index (κ2) is 8.77. The van der Waals surface area contributed by atoms with E-state index in [1.165, 1.54) is 75.5 Å². The highest BCUT2D eigenvalue weighted by Crippen LogP contribution is 2.40. The number of nitrogens with zero attached hydrogens (tertiary/aromatic N) is 4. The molecule has 0 radical (unpaired) electrons. The molecule has 0 atom stereocenters. The highest BCUT2D eigenvalue weighted by atomic mass is 28.3. The van der Waals surface area contributed by atoms with Crippen molar-refractivity contribution >= 4 is 83.6 Å². The molecular weight excluding hydrogens is 565 g/mol. The van der Waals surface area contributed by atoms with Crippen molar-refractivity contribution in [2.24, 2.45) is 0 Å².